The maximum Gasteiger partial charge on any atom is 0.306 e. The Hall–Kier alpha value is -4.23. The lowest BCUT2D eigenvalue weighted by molar-refractivity contribution is -0.141. The molecule has 51 heavy (non-hydrogen) atoms. The van der Waals surface area contributed by atoms with E-state index in [-0.39, 0.29) is 39.9 Å². The summed E-state index contributed by atoms with van der Waals surface area (Å²) in [5.41, 5.74) is 8.01. The van der Waals surface area contributed by atoms with Gasteiger partial charge in [-0.05, 0) is 79.0 Å². The number of carboxylic acid groups (broad SMARTS) is 1. The van der Waals surface area contributed by atoms with Crippen molar-refractivity contribution in [2.24, 2.45) is 18.4 Å². The predicted octanol–water partition coefficient (Wildman–Crippen LogP) is 7.71. The molecule has 0 saturated heterocycles. The highest BCUT2D eigenvalue weighted by Gasteiger charge is 2.36. The minimum absolute atomic E-state index is 0.0480. The molecule has 0 amide bonds. The van der Waals surface area contributed by atoms with Crippen molar-refractivity contribution in [2.75, 3.05) is 17.2 Å². The Kier molecular flexibility index (Phi) is 9.83. The Morgan fingerprint density at radius 2 is 1.88 bits per heavy atom. The van der Waals surface area contributed by atoms with Gasteiger partial charge < -0.3 is 15.8 Å². The molecule has 1 aliphatic rings. The molecule has 4 bridgehead atoms. The van der Waals surface area contributed by atoms with Crippen molar-refractivity contribution < 1.29 is 27.1 Å². The van der Waals surface area contributed by atoms with Gasteiger partial charge in [0, 0.05) is 34.7 Å². The zero-order chi connectivity index (χ0) is 36.9. The van der Waals surface area contributed by atoms with Crippen LogP contribution in [0.4, 0.5) is 14.5 Å². The van der Waals surface area contributed by atoms with Gasteiger partial charge in [0.25, 0.3) is 0 Å². The number of H-pyrrole nitrogens is 1. The predicted molar refractivity (Wildman–Crippen MR) is 197 cm³/mol. The monoisotopic (exact) mass is 735 g/mol. The van der Waals surface area contributed by atoms with Crippen LogP contribution in [0.15, 0.2) is 64.5 Å². The number of aromatic nitrogens is 4. The van der Waals surface area contributed by atoms with Crippen molar-refractivity contribution in [1.82, 2.24) is 19.7 Å². The van der Waals surface area contributed by atoms with Crippen LogP contribution in [0.25, 0.3) is 22.3 Å². The van der Waals surface area contributed by atoms with Crippen molar-refractivity contribution in [1.29, 1.82) is 0 Å². The number of hydrogen-bond acceptors (Lipinski definition) is 7. The van der Waals surface area contributed by atoms with Crippen LogP contribution in [0.3, 0.4) is 0 Å². The lowest BCUT2D eigenvalue weighted by Gasteiger charge is -2.31. The van der Waals surface area contributed by atoms with E-state index in [2.05, 4.69) is 4.98 Å². The van der Waals surface area contributed by atoms with Crippen LogP contribution in [0.5, 0.6) is 0 Å². The number of aliphatic carboxylic acids is 1. The van der Waals surface area contributed by atoms with Crippen molar-refractivity contribution in [2.45, 2.75) is 75.0 Å². The van der Waals surface area contributed by atoms with E-state index in [1.54, 1.807) is 32.3 Å². The molecule has 0 fully saturated rings. The molecular formula is C38H43F2N5O4S2. The normalized spacial score (nSPS) is 19.9. The number of hydrogen-bond donors (Lipinski definition) is 3. The fourth-order valence-corrected chi connectivity index (χ4v) is 10.2. The summed E-state index contributed by atoms with van der Waals surface area (Å²) < 4.78 is 60.6. The van der Waals surface area contributed by atoms with Gasteiger partial charge in [0.15, 0.2) is 21.5 Å². The van der Waals surface area contributed by atoms with Gasteiger partial charge in [-0.15, -0.1) is 0 Å². The largest absolute Gasteiger partial charge is 0.481 e. The maximum atomic E-state index is 15.9. The first-order valence-electron chi connectivity index (χ1n) is 17.0. The molecule has 4 N–H and O–H groups in total. The second kappa shape index (κ2) is 13.7. The van der Waals surface area contributed by atoms with E-state index in [9.17, 15) is 18.3 Å². The van der Waals surface area contributed by atoms with Crippen LogP contribution >= 0.6 is 11.8 Å². The van der Waals surface area contributed by atoms with Gasteiger partial charge in [-0.1, -0.05) is 63.2 Å². The summed E-state index contributed by atoms with van der Waals surface area (Å²) in [7, 11) is -1.89. The van der Waals surface area contributed by atoms with E-state index in [1.165, 1.54) is 16.8 Å². The number of nitrogen functional groups attached to an aromatic ring is 1. The van der Waals surface area contributed by atoms with E-state index < -0.39 is 44.2 Å². The first-order valence-corrected chi connectivity index (χ1v) is 19.6. The highest BCUT2D eigenvalue weighted by Crippen LogP contribution is 2.43. The Morgan fingerprint density at radius 1 is 1.12 bits per heavy atom. The Bertz CT molecular complexity index is 2250. The van der Waals surface area contributed by atoms with E-state index >= 15 is 8.78 Å². The molecule has 5 aromatic rings. The van der Waals surface area contributed by atoms with Crippen LogP contribution in [-0.2, 0) is 39.9 Å². The van der Waals surface area contributed by atoms with Gasteiger partial charge in [-0.2, -0.15) is 5.10 Å². The lowest BCUT2D eigenvalue weighted by Crippen LogP contribution is -2.29. The molecule has 2 atom stereocenters. The number of carbonyl (C=O) groups is 1. The molecule has 0 radical (unpaired) electrons. The average Bonchev–Trinajstić information content (AvgIpc) is 3.67. The van der Waals surface area contributed by atoms with E-state index in [4.69, 9.17) is 15.8 Å². The molecule has 6 rings (SSSR count). The molecule has 13 heteroatoms. The molecule has 9 nitrogen and oxygen atoms in total. The van der Waals surface area contributed by atoms with E-state index in [1.807, 2.05) is 45.0 Å². The van der Waals surface area contributed by atoms with E-state index in [0.717, 1.165) is 22.9 Å². The highest BCUT2D eigenvalue weighted by atomic mass is 32.2. The quantitative estimate of drug-likeness (QED) is 0.159. The van der Waals surface area contributed by atoms with Crippen molar-refractivity contribution in [3.05, 3.63) is 88.9 Å². The number of benzene rings is 3. The van der Waals surface area contributed by atoms with Crippen molar-refractivity contribution in [3.63, 3.8) is 0 Å². The Balaban J connectivity index is 1.52. The van der Waals surface area contributed by atoms with Crippen molar-refractivity contribution in [3.8, 4) is 11.4 Å². The summed E-state index contributed by atoms with van der Waals surface area (Å²) in [4.78, 5) is 20.2. The Labute approximate surface area is 301 Å². The summed E-state index contributed by atoms with van der Waals surface area (Å²) in [6, 6.07) is 13.6. The SMILES string of the molecule is C[C@H](Cc1cccc([C@@]2(C)CCCC(C)(C)CS(=O)(=O)CCc3c(c(F)cc4[nH]ccc34)Sc3cc(c(F)cc3N)-c3nc2nn3C)c1)C(=O)O. The number of anilines is 1. The third-order valence-corrected chi connectivity index (χ3v) is 13.3. The molecule has 0 spiro atoms. The molecule has 0 unspecified atom stereocenters. The average molecular weight is 736 g/mol. The standard InChI is InChI=1S/C38H43F2N5O4S2/c1-22(35(46)47)16-23-8-6-9-24(17-23)38(4)13-7-12-37(2,3)21-51(48,49)15-11-26-25-10-14-42-31(25)20-29(40)33(26)50-32-18-27(28(39)19-30(32)41)34-43-36(38)44-45(34)5/h6,8-10,14,17-20,22,42H,7,11-13,15-16,21,41H2,1-5H3,(H,46,47)/t22-,38-/m1/s1. The Morgan fingerprint density at radius 3 is 2.63 bits per heavy atom. The minimum atomic E-state index is -3.58. The number of rotatable bonds is 4. The summed E-state index contributed by atoms with van der Waals surface area (Å²) in [6.07, 6.45) is 3.85. The first-order chi connectivity index (χ1) is 24.0. The van der Waals surface area contributed by atoms with Crippen LogP contribution in [0, 0.1) is 23.0 Å². The topological polar surface area (TPSA) is 144 Å². The second-order valence-electron chi connectivity index (χ2n) is 14.8. The highest BCUT2D eigenvalue weighted by molar-refractivity contribution is 7.99. The zero-order valence-electron chi connectivity index (χ0n) is 29.4. The molecule has 0 aliphatic carbocycles. The van der Waals surface area contributed by atoms with Gasteiger partial charge in [0.1, 0.15) is 11.6 Å². The number of aromatic amines is 1. The number of aryl methyl sites for hydroxylation is 2. The maximum absolute atomic E-state index is 15.9. The summed E-state index contributed by atoms with van der Waals surface area (Å²) in [5.74, 6) is -2.15. The summed E-state index contributed by atoms with van der Waals surface area (Å²) >= 11 is 1.03. The van der Waals surface area contributed by atoms with Crippen LogP contribution < -0.4 is 5.73 Å². The number of halogens is 2. The zero-order valence-corrected chi connectivity index (χ0v) is 31.0. The molecule has 1 aliphatic heterocycles. The van der Waals surface area contributed by atoms with Crippen molar-refractivity contribution >= 4 is 44.2 Å². The van der Waals surface area contributed by atoms with Gasteiger partial charge in [0.2, 0.25) is 0 Å². The van der Waals surface area contributed by atoms with Gasteiger partial charge in [0.05, 0.1) is 33.3 Å². The number of fused-ring (bicyclic) bond motifs is 8. The van der Waals surface area contributed by atoms with Crippen LogP contribution in [-0.4, -0.2) is 50.7 Å². The van der Waals surface area contributed by atoms with Crippen LogP contribution in [0.2, 0.25) is 0 Å². The third-order valence-electron chi connectivity index (χ3n) is 10.0. The second-order valence-corrected chi connectivity index (χ2v) is 18.0. The van der Waals surface area contributed by atoms with Gasteiger partial charge in [-0.25, -0.2) is 26.9 Å². The molecule has 270 valence electrons. The molecular weight excluding hydrogens is 693 g/mol. The fraction of sp³-hybridized carbons (Fsp3) is 0.395. The number of carboxylic acids is 1. The minimum Gasteiger partial charge on any atom is -0.481 e. The number of nitrogens with one attached hydrogen (secondary N) is 1. The summed E-state index contributed by atoms with van der Waals surface area (Å²) in [6.45, 7) is 7.56. The number of nitrogens with two attached hydrogens (primary N) is 1. The smallest absolute Gasteiger partial charge is 0.306 e. The fourth-order valence-electron chi connectivity index (χ4n) is 7.16. The number of sulfone groups is 1. The molecule has 3 heterocycles. The third kappa shape index (κ3) is 7.55. The van der Waals surface area contributed by atoms with Crippen LogP contribution in [0.1, 0.15) is 69.5 Å². The molecule has 0 saturated carbocycles. The first kappa shape index (κ1) is 36.6. The lowest BCUT2D eigenvalue weighted by atomic mass is 9.75. The van der Waals surface area contributed by atoms with Gasteiger partial charge >= 0.3 is 5.97 Å². The number of nitrogens with zero attached hydrogens (tertiary/aromatic N) is 3. The molecule has 3 aromatic carbocycles. The van der Waals surface area contributed by atoms with Gasteiger partial charge in [-0.3, -0.25) is 4.79 Å². The van der Waals surface area contributed by atoms with E-state index in [0.29, 0.717) is 52.9 Å². The molecule has 2 aromatic heterocycles. The summed E-state index contributed by atoms with van der Waals surface area (Å²) in [5, 5.41) is 15.1.